The Bertz CT molecular complexity index is 287. The Morgan fingerprint density at radius 2 is 2.19 bits per heavy atom. The highest BCUT2D eigenvalue weighted by molar-refractivity contribution is 4.90. The Morgan fingerprint density at radius 1 is 1.38 bits per heavy atom. The summed E-state index contributed by atoms with van der Waals surface area (Å²) in [6.45, 7) is 9.15. The fourth-order valence-corrected chi connectivity index (χ4v) is 1.17. The van der Waals surface area contributed by atoms with Gasteiger partial charge in [-0.3, -0.25) is 0 Å². The quantitative estimate of drug-likeness (QED) is 0.685. The van der Waals surface area contributed by atoms with E-state index in [0.717, 1.165) is 25.3 Å². The molecule has 92 valence electrons. The Balaban J connectivity index is 2.12. The normalized spacial score (nSPS) is 11.2. The highest BCUT2D eigenvalue weighted by atomic mass is 16.5. The van der Waals surface area contributed by atoms with Crippen LogP contribution >= 0.6 is 0 Å². The van der Waals surface area contributed by atoms with Crippen LogP contribution in [0.1, 0.15) is 44.8 Å². The summed E-state index contributed by atoms with van der Waals surface area (Å²) in [4.78, 5) is 4.22. The van der Waals surface area contributed by atoms with Gasteiger partial charge in [-0.25, -0.2) is 0 Å². The van der Waals surface area contributed by atoms with E-state index in [-0.39, 0.29) is 0 Å². The molecule has 0 aliphatic heterocycles. The molecule has 0 saturated carbocycles. The molecule has 5 nitrogen and oxygen atoms in total. The summed E-state index contributed by atoms with van der Waals surface area (Å²) in [7, 11) is 0. The van der Waals surface area contributed by atoms with E-state index in [1.54, 1.807) is 0 Å². The molecule has 0 aromatic carbocycles. The largest absolute Gasteiger partial charge is 0.370 e. The number of hydrogen-bond acceptors (Lipinski definition) is 5. The van der Waals surface area contributed by atoms with Crippen LogP contribution in [0.25, 0.3) is 0 Å². The van der Waals surface area contributed by atoms with Crippen LogP contribution in [0.2, 0.25) is 0 Å². The number of aromatic nitrogens is 2. The maximum Gasteiger partial charge on any atom is 0.252 e. The number of hydrogen-bond donors (Lipinski definition) is 1. The van der Waals surface area contributed by atoms with Gasteiger partial charge in [-0.2, -0.15) is 4.98 Å². The highest BCUT2D eigenvalue weighted by Gasteiger charge is 2.08. The van der Waals surface area contributed by atoms with Gasteiger partial charge in [-0.05, 0) is 13.0 Å². The van der Waals surface area contributed by atoms with Gasteiger partial charge < -0.3 is 14.6 Å². The molecule has 1 rings (SSSR count). The lowest BCUT2D eigenvalue weighted by Crippen LogP contribution is -2.20. The smallest absolute Gasteiger partial charge is 0.252 e. The molecule has 1 aromatic rings. The van der Waals surface area contributed by atoms with Gasteiger partial charge in [0.1, 0.15) is 6.61 Å². The van der Waals surface area contributed by atoms with Crippen molar-refractivity contribution in [3.63, 3.8) is 0 Å². The molecule has 0 aliphatic rings. The van der Waals surface area contributed by atoms with Crippen LogP contribution in [-0.4, -0.2) is 29.8 Å². The van der Waals surface area contributed by atoms with Gasteiger partial charge in [0, 0.05) is 12.5 Å². The number of ether oxygens (including phenoxy) is 1. The number of nitrogens with zero attached hydrogens (tertiary/aromatic N) is 2. The monoisotopic (exact) mass is 227 g/mol. The first-order valence-corrected chi connectivity index (χ1v) is 5.85. The van der Waals surface area contributed by atoms with Crippen molar-refractivity contribution in [1.82, 2.24) is 15.5 Å². The number of nitrogens with one attached hydrogen (secondary N) is 1. The van der Waals surface area contributed by atoms with Crippen molar-refractivity contribution in [2.45, 2.75) is 39.7 Å². The SMILES string of the molecule is CCCNCCOCc1nc(C(C)C)no1. The molecule has 16 heavy (non-hydrogen) atoms. The van der Waals surface area contributed by atoms with Crippen molar-refractivity contribution in [3.8, 4) is 0 Å². The van der Waals surface area contributed by atoms with Crippen LogP contribution in [0, 0.1) is 0 Å². The molecule has 0 amide bonds. The lowest BCUT2D eigenvalue weighted by molar-refractivity contribution is 0.0995. The first-order chi connectivity index (χ1) is 7.74. The molecular formula is C11H21N3O2. The first-order valence-electron chi connectivity index (χ1n) is 5.85. The molecule has 1 aromatic heterocycles. The molecule has 0 fully saturated rings. The second-order valence-corrected chi connectivity index (χ2v) is 4.00. The maximum absolute atomic E-state index is 5.40. The zero-order chi connectivity index (χ0) is 11.8. The van der Waals surface area contributed by atoms with Crippen molar-refractivity contribution in [2.24, 2.45) is 0 Å². The van der Waals surface area contributed by atoms with Crippen LogP contribution < -0.4 is 5.32 Å². The third-order valence-electron chi connectivity index (χ3n) is 2.08. The van der Waals surface area contributed by atoms with Crippen LogP contribution in [0.4, 0.5) is 0 Å². The topological polar surface area (TPSA) is 60.2 Å². The molecule has 0 unspecified atom stereocenters. The zero-order valence-corrected chi connectivity index (χ0v) is 10.3. The van der Waals surface area contributed by atoms with E-state index in [4.69, 9.17) is 9.26 Å². The van der Waals surface area contributed by atoms with Crippen molar-refractivity contribution < 1.29 is 9.26 Å². The van der Waals surface area contributed by atoms with E-state index in [2.05, 4.69) is 22.4 Å². The van der Waals surface area contributed by atoms with Gasteiger partial charge in [0.2, 0.25) is 0 Å². The first kappa shape index (κ1) is 13.1. The third kappa shape index (κ3) is 4.72. The average molecular weight is 227 g/mol. The molecule has 1 N–H and O–H groups in total. The third-order valence-corrected chi connectivity index (χ3v) is 2.08. The highest BCUT2D eigenvalue weighted by Crippen LogP contribution is 2.09. The summed E-state index contributed by atoms with van der Waals surface area (Å²) >= 11 is 0. The van der Waals surface area contributed by atoms with Crippen LogP contribution in [-0.2, 0) is 11.3 Å². The standard InChI is InChI=1S/C11H21N3O2/c1-4-5-12-6-7-15-8-10-13-11(9(2)3)14-16-10/h9,12H,4-8H2,1-3H3. The zero-order valence-electron chi connectivity index (χ0n) is 10.3. The van der Waals surface area contributed by atoms with Crippen molar-refractivity contribution >= 4 is 0 Å². The molecule has 1 heterocycles. The summed E-state index contributed by atoms with van der Waals surface area (Å²) in [5.74, 6) is 1.59. The molecule has 0 radical (unpaired) electrons. The van der Waals surface area contributed by atoms with Crippen LogP contribution in [0.3, 0.4) is 0 Å². The Labute approximate surface area is 96.6 Å². The summed E-state index contributed by atoms with van der Waals surface area (Å²) < 4.78 is 10.4. The lowest BCUT2D eigenvalue weighted by atomic mass is 10.2. The predicted octanol–water partition coefficient (Wildman–Crippen LogP) is 1.71. The summed E-state index contributed by atoms with van der Waals surface area (Å²) in [5.41, 5.74) is 0. The van der Waals surface area contributed by atoms with Crippen molar-refractivity contribution in [3.05, 3.63) is 11.7 Å². The summed E-state index contributed by atoms with van der Waals surface area (Å²) in [6, 6.07) is 0. The number of rotatable bonds is 8. The minimum absolute atomic E-state index is 0.295. The molecule has 0 bridgehead atoms. The molecule has 0 spiro atoms. The van der Waals surface area contributed by atoms with E-state index in [0.29, 0.717) is 25.0 Å². The van der Waals surface area contributed by atoms with Crippen LogP contribution in [0.5, 0.6) is 0 Å². The van der Waals surface area contributed by atoms with Gasteiger partial charge in [0.15, 0.2) is 5.82 Å². The fraction of sp³-hybridized carbons (Fsp3) is 0.818. The van der Waals surface area contributed by atoms with E-state index in [9.17, 15) is 0 Å². The molecule has 0 aliphatic carbocycles. The minimum atomic E-state index is 0.295. The van der Waals surface area contributed by atoms with E-state index < -0.39 is 0 Å². The lowest BCUT2D eigenvalue weighted by Gasteiger charge is -2.02. The Morgan fingerprint density at radius 3 is 2.81 bits per heavy atom. The summed E-state index contributed by atoms with van der Waals surface area (Å²) in [6.07, 6.45) is 1.14. The Hall–Kier alpha value is -0.940. The minimum Gasteiger partial charge on any atom is -0.370 e. The maximum atomic E-state index is 5.40. The second kappa shape index (κ2) is 7.35. The van der Waals surface area contributed by atoms with E-state index in [1.807, 2.05) is 13.8 Å². The molecular weight excluding hydrogens is 206 g/mol. The molecule has 0 saturated heterocycles. The van der Waals surface area contributed by atoms with Gasteiger partial charge in [0.25, 0.3) is 5.89 Å². The van der Waals surface area contributed by atoms with E-state index in [1.165, 1.54) is 0 Å². The average Bonchev–Trinajstić information content (AvgIpc) is 2.72. The Kier molecular flexibility index (Phi) is 6.03. The molecule has 5 heteroatoms. The summed E-state index contributed by atoms with van der Waals surface area (Å²) in [5, 5.41) is 7.12. The van der Waals surface area contributed by atoms with Gasteiger partial charge >= 0.3 is 0 Å². The second-order valence-electron chi connectivity index (χ2n) is 4.00. The van der Waals surface area contributed by atoms with Gasteiger partial charge in [-0.15, -0.1) is 0 Å². The fourth-order valence-electron chi connectivity index (χ4n) is 1.17. The van der Waals surface area contributed by atoms with Crippen molar-refractivity contribution in [1.29, 1.82) is 0 Å². The van der Waals surface area contributed by atoms with Gasteiger partial charge in [0.05, 0.1) is 6.61 Å². The van der Waals surface area contributed by atoms with Crippen LogP contribution in [0.15, 0.2) is 4.52 Å². The molecule has 0 atom stereocenters. The van der Waals surface area contributed by atoms with Gasteiger partial charge in [-0.1, -0.05) is 25.9 Å². The predicted molar refractivity (Wildman–Crippen MR) is 61.2 cm³/mol. The van der Waals surface area contributed by atoms with E-state index >= 15 is 0 Å². The van der Waals surface area contributed by atoms with Crippen molar-refractivity contribution in [2.75, 3.05) is 19.7 Å².